The molecule has 0 fully saturated rings. The van der Waals surface area contributed by atoms with E-state index in [0.717, 1.165) is 44.5 Å². The van der Waals surface area contributed by atoms with Crippen LogP contribution in [0.3, 0.4) is 0 Å². The van der Waals surface area contributed by atoms with Crippen LogP contribution in [0.1, 0.15) is 62.7 Å². The summed E-state index contributed by atoms with van der Waals surface area (Å²) in [6.07, 6.45) is 13.3. The van der Waals surface area contributed by atoms with E-state index in [0.29, 0.717) is 42.0 Å². The fourth-order valence-corrected chi connectivity index (χ4v) is 6.10. The highest BCUT2D eigenvalue weighted by Crippen LogP contribution is 2.28. The van der Waals surface area contributed by atoms with Crippen molar-refractivity contribution in [3.8, 4) is 22.3 Å². The Bertz CT molecular complexity index is 2620. The second kappa shape index (κ2) is 24.4. The summed E-state index contributed by atoms with van der Waals surface area (Å²) in [5, 5.41) is 5.70. The number of nitrogens with one attached hydrogen (secondary N) is 2. The second-order valence-electron chi connectivity index (χ2n) is 13.8. The number of benzene rings is 4. The molecule has 0 radical (unpaired) electrons. The van der Waals surface area contributed by atoms with Gasteiger partial charge in [-0.1, -0.05) is 55.5 Å². The fraction of sp³-hybridized carbons (Fsp3) is 0.140. The van der Waals surface area contributed by atoms with Crippen LogP contribution >= 0.6 is 0 Å². The number of pyridine rings is 2. The highest BCUT2D eigenvalue weighted by molar-refractivity contribution is 6.06. The molecule has 64 heavy (non-hydrogen) atoms. The molecule has 6 aromatic rings. The van der Waals surface area contributed by atoms with E-state index >= 15 is 0 Å². The molecule has 2 amide bonds. The van der Waals surface area contributed by atoms with Crippen molar-refractivity contribution in [2.75, 3.05) is 24.5 Å². The summed E-state index contributed by atoms with van der Waals surface area (Å²) in [7, 11) is 1.33. The molecule has 6 rings (SSSR count). The molecule has 0 saturated heterocycles. The van der Waals surface area contributed by atoms with Gasteiger partial charge in [0, 0.05) is 79.0 Å². The number of carbonyl (C=O) groups is 5. The Kier molecular flexibility index (Phi) is 17.9. The van der Waals surface area contributed by atoms with Crippen LogP contribution in [0.2, 0.25) is 0 Å². The Morgan fingerprint density at radius 2 is 1.06 bits per heavy atom. The maximum atomic E-state index is 12.7. The van der Waals surface area contributed by atoms with Gasteiger partial charge in [0.05, 0.1) is 7.11 Å². The number of methoxy groups -OCH3 is 1. The van der Waals surface area contributed by atoms with Gasteiger partial charge in [-0.05, 0) is 124 Å². The Morgan fingerprint density at radius 3 is 1.50 bits per heavy atom. The molecular formula is C50H48N6O8. The third-order valence-electron chi connectivity index (χ3n) is 9.36. The van der Waals surface area contributed by atoms with Gasteiger partial charge in [0.2, 0.25) is 6.79 Å². The third-order valence-corrected chi connectivity index (χ3v) is 9.36. The van der Waals surface area contributed by atoms with Crippen molar-refractivity contribution in [1.82, 2.24) is 9.97 Å². The molecule has 6 N–H and O–H groups in total. The molecule has 0 bridgehead atoms. The number of hydrogen-bond acceptors (Lipinski definition) is 12. The Morgan fingerprint density at radius 1 is 0.594 bits per heavy atom. The van der Waals surface area contributed by atoms with Crippen LogP contribution in [0, 0.1) is 0 Å². The molecule has 0 saturated carbocycles. The number of hydrogen-bond donors (Lipinski definition) is 4. The van der Waals surface area contributed by atoms with Crippen LogP contribution in [0.15, 0.2) is 146 Å². The van der Waals surface area contributed by atoms with Gasteiger partial charge in [-0.25, -0.2) is 9.59 Å². The van der Waals surface area contributed by atoms with Crippen molar-refractivity contribution in [2.24, 2.45) is 11.5 Å². The molecule has 0 atom stereocenters. The van der Waals surface area contributed by atoms with Crippen molar-refractivity contribution >= 4 is 53.2 Å². The van der Waals surface area contributed by atoms with Gasteiger partial charge < -0.3 is 36.3 Å². The van der Waals surface area contributed by atoms with Crippen LogP contribution < -0.4 is 22.1 Å². The highest BCUT2D eigenvalue weighted by atomic mass is 16.7. The molecule has 4 aromatic carbocycles. The predicted molar refractivity (Wildman–Crippen MR) is 246 cm³/mol. The van der Waals surface area contributed by atoms with E-state index in [1.807, 2.05) is 73.7 Å². The van der Waals surface area contributed by atoms with Crippen molar-refractivity contribution in [2.45, 2.75) is 32.9 Å². The molecule has 326 valence electrons. The summed E-state index contributed by atoms with van der Waals surface area (Å²) in [5.41, 5.74) is 21.0. The summed E-state index contributed by atoms with van der Waals surface area (Å²) in [6, 6.07) is 32.7. The minimum atomic E-state index is -0.628. The quantitative estimate of drug-likeness (QED) is 0.0414. The third kappa shape index (κ3) is 14.3. The lowest BCUT2D eigenvalue weighted by atomic mass is 9.95. The van der Waals surface area contributed by atoms with E-state index in [1.165, 1.54) is 19.3 Å². The molecule has 0 aliphatic carbocycles. The van der Waals surface area contributed by atoms with Gasteiger partial charge in [0.1, 0.15) is 0 Å². The normalized spacial score (nSPS) is 10.7. The fourth-order valence-electron chi connectivity index (χ4n) is 6.10. The lowest BCUT2D eigenvalue weighted by Crippen LogP contribution is -2.12. The summed E-state index contributed by atoms with van der Waals surface area (Å²) < 4.78 is 14.3. The number of esters is 3. The van der Waals surface area contributed by atoms with Crippen molar-refractivity contribution < 1.29 is 38.2 Å². The first-order valence-corrected chi connectivity index (χ1v) is 20.2. The molecule has 14 heteroatoms. The molecular weight excluding hydrogens is 813 g/mol. The van der Waals surface area contributed by atoms with Crippen LogP contribution in [-0.4, -0.2) is 53.6 Å². The van der Waals surface area contributed by atoms with Crippen LogP contribution in [0.25, 0.3) is 34.4 Å². The second-order valence-corrected chi connectivity index (χ2v) is 13.8. The van der Waals surface area contributed by atoms with E-state index in [2.05, 4.69) is 25.3 Å². The average molecular weight is 861 g/mol. The van der Waals surface area contributed by atoms with Gasteiger partial charge >= 0.3 is 17.9 Å². The Balaban J connectivity index is 0.000000245. The zero-order valence-electron chi connectivity index (χ0n) is 35.4. The minimum absolute atomic E-state index is 0.220. The number of nitrogens with two attached hydrogens (primary N) is 2. The monoisotopic (exact) mass is 860 g/mol. The lowest BCUT2D eigenvalue weighted by molar-refractivity contribution is -0.163. The summed E-state index contributed by atoms with van der Waals surface area (Å²) >= 11 is 0. The number of anilines is 2. The van der Waals surface area contributed by atoms with Crippen LogP contribution in [-0.2, 0) is 41.7 Å². The molecule has 0 aliphatic rings. The van der Waals surface area contributed by atoms with Crippen LogP contribution in [0.4, 0.5) is 11.4 Å². The van der Waals surface area contributed by atoms with Gasteiger partial charge in [0.15, 0.2) is 0 Å². The van der Waals surface area contributed by atoms with E-state index in [9.17, 15) is 24.0 Å². The van der Waals surface area contributed by atoms with Crippen LogP contribution in [0.5, 0.6) is 0 Å². The first-order valence-electron chi connectivity index (χ1n) is 20.2. The smallest absolute Gasteiger partial charge is 0.333 e. The Hall–Kier alpha value is -8.07. The summed E-state index contributed by atoms with van der Waals surface area (Å²) in [4.78, 5) is 67.9. The zero-order chi connectivity index (χ0) is 45.7. The predicted octanol–water partition coefficient (Wildman–Crippen LogP) is 7.96. The van der Waals surface area contributed by atoms with Crippen molar-refractivity contribution in [3.05, 3.63) is 180 Å². The maximum absolute atomic E-state index is 12.7. The lowest BCUT2D eigenvalue weighted by Gasteiger charge is -2.12. The topological polar surface area (TPSA) is 215 Å². The molecule has 2 heterocycles. The largest absolute Gasteiger partial charge is 0.466 e. The van der Waals surface area contributed by atoms with E-state index < -0.39 is 24.7 Å². The molecule has 2 aromatic heterocycles. The first kappa shape index (κ1) is 47.0. The van der Waals surface area contributed by atoms with Gasteiger partial charge in [-0.15, -0.1) is 0 Å². The molecule has 14 nitrogen and oxygen atoms in total. The first-order chi connectivity index (χ1) is 31.1. The van der Waals surface area contributed by atoms with Crippen molar-refractivity contribution in [1.29, 1.82) is 0 Å². The molecule has 0 unspecified atom stereocenters. The average Bonchev–Trinajstić information content (AvgIpc) is 3.33. The summed E-state index contributed by atoms with van der Waals surface area (Å²) in [5.74, 6) is -1.93. The minimum Gasteiger partial charge on any atom is -0.466 e. The standard InChI is InChI=1S/C27H27N3O5.C23H21N3O3/c1-2-4-25(31)34-18-35-26(32)10-7-19-5-3-6-20(15-19)24-16-21(8-9-22(24)17-28)27(33)30-23-11-13-29-14-12-23;1-29-22(27)8-5-16-3-2-4-17(13-16)21-14-18(6-7-19(21)15-24)23(28)26-20-9-11-25-12-10-20/h3,5-16H,2,4,17-18,28H2,1H3,(H,29,30,33);2-14H,15,24H2,1H3,(H,25,26,28). The van der Waals surface area contributed by atoms with Gasteiger partial charge in [0.25, 0.3) is 11.8 Å². The zero-order valence-corrected chi connectivity index (χ0v) is 35.4. The summed E-state index contributed by atoms with van der Waals surface area (Å²) in [6.45, 7) is 2.07. The van der Waals surface area contributed by atoms with Crippen molar-refractivity contribution in [3.63, 3.8) is 0 Å². The van der Waals surface area contributed by atoms with Gasteiger partial charge in [-0.2, -0.15) is 0 Å². The number of carbonyl (C=O) groups excluding carboxylic acids is 5. The Labute approximate surface area is 371 Å². The number of rotatable bonds is 16. The number of nitrogens with zero attached hydrogens (tertiary/aromatic N) is 2. The highest BCUT2D eigenvalue weighted by Gasteiger charge is 2.14. The maximum Gasteiger partial charge on any atom is 0.333 e. The number of aromatic nitrogens is 2. The number of amides is 2. The molecule has 0 aliphatic heterocycles. The van der Waals surface area contributed by atoms with E-state index in [1.54, 1.807) is 79.4 Å². The van der Waals surface area contributed by atoms with Gasteiger partial charge in [-0.3, -0.25) is 24.4 Å². The van der Waals surface area contributed by atoms with E-state index in [4.69, 9.17) is 20.9 Å². The SMILES string of the molecule is CCCC(=O)OCOC(=O)C=Cc1cccc(-c2cc(C(=O)Nc3ccncc3)ccc2CN)c1.COC(=O)C=Cc1cccc(-c2cc(C(=O)Nc3ccncc3)ccc2CN)c1. The molecule has 0 spiro atoms. The van der Waals surface area contributed by atoms with E-state index in [-0.39, 0.29) is 18.2 Å². The number of ether oxygens (including phenoxy) is 3.